The average Bonchev–Trinajstić information content (AvgIpc) is 3.01. The van der Waals surface area contributed by atoms with Crippen molar-refractivity contribution in [3.05, 3.63) is 71.5 Å². The Morgan fingerprint density at radius 2 is 1.92 bits per heavy atom. The summed E-state index contributed by atoms with van der Waals surface area (Å²) in [5, 5.41) is 14.6. The van der Waals surface area contributed by atoms with E-state index in [1.165, 1.54) is 0 Å². The summed E-state index contributed by atoms with van der Waals surface area (Å²) in [6, 6.07) is 17.6. The monoisotopic (exact) mass is 349 g/mol. The lowest BCUT2D eigenvalue weighted by Crippen LogP contribution is -2.16. The third-order valence-electron chi connectivity index (χ3n) is 4.11. The normalized spacial score (nSPS) is 10.7. The number of carbonyl (C=O) groups is 1. The highest BCUT2D eigenvalue weighted by atomic mass is 16.1. The minimum atomic E-state index is -0.103. The van der Waals surface area contributed by atoms with E-state index in [0.29, 0.717) is 5.69 Å². The van der Waals surface area contributed by atoms with Crippen LogP contribution in [0.2, 0.25) is 0 Å². The molecule has 0 bridgehead atoms. The second-order valence-electron chi connectivity index (χ2n) is 6.07. The molecule has 0 unspecified atom stereocenters. The molecule has 3 aromatic rings. The van der Waals surface area contributed by atoms with E-state index in [9.17, 15) is 4.79 Å². The van der Waals surface area contributed by atoms with Gasteiger partial charge in [-0.3, -0.25) is 4.79 Å². The number of carbonyl (C=O) groups excluding carboxylic acids is 1. The van der Waals surface area contributed by atoms with Crippen molar-refractivity contribution in [3.8, 4) is 5.69 Å². The lowest BCUT2D eigenvalue weighted by molar-refractivity contribution is -0.115. The molecule has 1 heterocycles. The smallest absolute Gasteiger partial charge is 0.230 e. The van der Waals surface area contributed by atoms with Gasteiger partial charge in [0.15, 0.2) is 0 Å². The number of benzene rings is 2. The van der Waals surface area contributed by atoms with Crippen LogP contribution in [0.1, 0.15) is 23.9 Å². The molecule has 0 aliphatic heterocycles. The van der Waals surface area contributed by atoms with Crippen molar-refractivity contribution in [2.75, 3.05) is 11.9 Å². The number of nitrogens with zero attached hydrogens (tertiary/aromatic N) is 3. The van der Waals surface area contributed by atoms with Gasteiger partial charge < -0.3 is 10.6 Å². The van der Waals surface area contributed by atoms with Crippen molar-refractivity contribution in [1.82, 2.24) is 20.3 Å². The van der Waals surface area contributed by atoms with Crippen LogP contribution in [0, 0.1) is 6.92 Å². The first-order valence-electron chi connectivity index (χ1n) is 8.73. The number of anilines is 1. The summed E-state index contributed by atoms with van der Waals surface area (Å²) < 4.78 is 1.75. The molecule has 26 heavy (non-hydrogen) atoms. The maximum atomic E-state index is 12.4. The van der Waals surface area contributed by atoms with Gasteiger partial charge >= 0.3 is 0 Å². The lowest BCUT2D eigenvalue weighted by Gasteiger charge is -2.08. The SMILES string of the molecule is CCNCc1cccc(NC(=O)Cc2nnn(-c3ccccc3)c2C)c1. The second-order valence-corrected chi connectivity index (χ2v) is 6.07. The summed E-state index contributed by atoms with van der Waals surface area (Å²) in [6.45, 7) is 5.68. The Morgan fingerprint density at radius 1 is 1.12 bits per heavy atom. The maximum absolute atomic E-state index is 12.4. The van der Waals surface area contributed by atoms with E-state index in [1.807, 2.05) is 61.5 Å². The minimum Gasteiger partial charge on any atom is -0.326 e. The molecule has 0 saturated carbocycles. The van der Waals surface area contributed by atoms with Crippen molar-refractivity contribution < 1.29 is 4.79 Å². The Kier molecular flexibility index (Phi) is 5.76. The molecule has 2 N–H and O–H groups in total. The second kappa shape index (κ2) is 8.40. The van der Waals surface area contributed by atoms with Crippen LogP contribution in [0.5, 0.6) is 0 Å². The van der Waals surface area contributed by atoms with Crippen molar-refractivity contribution in [2.45, 2.75) is 26.8 Å². The summed E-state index contributed by atoms with van der Waals surface area (Å²) in [5.74, 6) is -0.103. The van der Waals surface area contributed by atoms with Crippen molar-refractivity contribution in [3.63, 3.8) is 0 Å². The molecule has 0 aliphatic rings. The molecule has 0 radical (unpaired) electrons. The Hall–Kier alpha value is -2.99. The number of aromatic nitrogens is 3. The largest absolute Gasteiger partial charge is 0.326 e. The van der Waals surface area contributed by atoms with Crippen LogP contribution in [0.15, 0.2) is 54.6 Å². The summed E-state index contributed by atoms with van der Waals surface area (Å²) in [4.78, 5) is 12.4. The summed E-state index contributed by atoms with van der Waals surface area (Å²) in [6.07, 6.45) is 0.191. The molecular formula is C20H23N5O. The highest BCUT2D eigenvalue weighted by Gasteiger charge is 2.14. The topological polar surface area (TPSA) is 71.8 Å². The molecule has 0 spiro atoms. The summed E-state index contributed by atoms with van der Waals surface area (Å²) >= 11 is 0. The van der Waals surface area contributed by atoms with Gasteiger partial charge in [-0.25, -0.2) is 4.68 Å². The van der Waals surface area contributed by atoms with E-state index in [4.69, 9.17) is 0 Å². The molecule has 6 heteroatoms. The fourth-order valence-electron chi connectivity index (χ4n) is 2.72. The fraction of sp³-hybridized carbons (Fsp3) is 0.250. The number of hydrogen-bond donors (Lipinski definition) is 2. The zero-order valence-electron chi connectivity index (χ0n) is 15.1. The van der Waals surface area contributed by atoms with E-state index in [0.717, 1.165) is 35.7 Å². The van der Waals surface area contributed by atoms with Crippen LogP contribution < -0.4 is 10.6 Å². The molecule has 0 atom stereocenters. The van der Waals surface area contributed by atoms with Gasteiger partial charge in [-0.2, -0.15) is 0 Å². The van der Waals surface area contributed by atoms with Gasteiger partial charge in [-0.1, -0.05) is 42.5 Å². The summed E-state index contributed by atoms with van der Waals surface area (Å²) in [7, 11) is 0. The molecule has 0 fully saturated rings. The fourth-order valence-corrected chi connectivity index (χ4v) is 2.72. The van der Waals surface area contributed by atoms with Gasteiger partial charge in [0.25, 0.3) is 0 Å². The number of hydrogen-bond acceptors (Lipinski definition) is 4. The Morgan fingerprint density at radius 3 is 2.69 bits per heavy atom. The zero-order valence-corrected chi connectivity index (χ0v) is 15.1. The predicted molar refractivity (Wildman–Crippen MR) is 102 cm³/mol. The lowest BCUT2D eigenvalue weighted by atomic mass is 10.2. The van der Waals surface area contributed by atoms with Crippen molar-refractivity contribution >= 4 is 11.6 Å². The van der Waals surface area contributed by atoms with Crippen molar-refractivity contribution in [2.24, 2.45) is 0 Å². The highest BCUT2D eigenvalue weighted by Crippen LogP contribution is 2.14. The molecule has 2 aromatic carbocycles. The van der Waals surface area contributed by atoms with Crippen molar-refractivity contribution in [1.29, 1.82) is 0 Å². The Bertz CT molecular complexity index is 873. The van der Waals surface area contributed by atoms with Gasteiger partial charge in [-0.05, 0) is 43.3 Å². The molecule has 1 amide bonds. The Labute approximate surface area is 153 Å². The van der Waals surface area contributed by atoms with E-state index >= 15 is 0 Å². The first kappa shape index (κ1) is 17.8. The number of amides is 1. The zero-order chi connectivity index (χ0) is 18.4. The maximum Gasteiger partial charge on any atom is 0.230 e. The standard InChI is InChI=1S/C20H23N5O/c1-3-21-14-16-8-7-9-17(12-16)22-20(26)13-19-15(2)25(24-23-19)18-10-5-4-6-11-18/h4-12,21H,3,13-14H2,1-2H3,(H,22,26). The quantitative estimate of drug-likeness (QED) is 0.688. The molecule has 0 aliphatic carbocycles. The van der Waals surface area contributed by atoms with Gasteiger partial charge in [0.2, 0.25) is 5.91 Å². The highest BCUT2D eigenvalue weighted by molar-refractivity contribution is 5.92. The first-order valence-corrected chi connectivity index (χ1v) is 8.73. The van der Waals surface area contributed by atoms with Crippen LogP contribution in [0.25, 0.3) is 5.69 Å². The van der Waals surface area contributed by atoms with E-state index in [2.05, 4.69) is 27.9 Å². The number of para-hydroxylation sites is 1. The van der Waals surface area contributed by atoms with Gasteiger partial charge in [0.1, 0.15) is 0 Å². The first-order chi connectivity index (χ1) is 12.7. The Balaban J connectivity index is 1.67. The third kappa shape index (κ3) is 4.34. The van der Waals surface area contributed by atoms with E-state index < -0.39 is 0 Å². The van der Waals surface area contributed by atoms with E-state index in [1.54, 1.807) is 4.68 Å². The van der Waals surface area contributed by atoms with Crippen LogP contribution in [0.3, 0.4) is 0 Å². The van der Waals surface area contributed by atoms with Gasteiger partial charge in [0, 0.05) is 12.2 Å². The third-order valence-corrected chi connectivity index (χ3v) is 4.11. The molecular weight excluding hydrogens is 326 g/mol. The summed E-state index contributed by atoms with van der Waals surface area (Å²) in [5.41, 5.74) is 4.40. The van der Waals surface area contributed by atoms with Crippen LogP contribution in [0.4, 0.5) is 5.69 Å². The predicted octanol–water partition coefficient (Wildman–Crippen LogP) is 2.87. The molecule has 134 valence electrons. The van der Waals surface area contributed by atoms with Gasteiger partial charge in [0.05, 0.1) is 23.5 Å². The molecule has 6 nitrogen and oxygen atoms in total. The van der Waals surface area contributed by atoms with E-state index in [-0.39, 0.29) is 12.3 Å². The molecule has 0 saturated heterocycles. The average molecular weight is 349 g/mol. The molecule has 3 rings (SSSR count). The minimum absolute atomic E-state index is 0.103. The van der Waals surface area contributed by atoms with Gasteiger partial charge in [-0.15, -0.1) is 5.10 Å². The van der Waals surface area contributed by atoms with Crippen LogP contribution in [-0.4, -0.2) is 27.4 Å². The number of nitrogens with one attached hydrogen (secondary N) is 2. The van der Waals surface area contributed by atoms with Crippen LogP contribution in [-0.2, 0) is 17.8 Å². The van der Waals surface area contributed by atoms with Crippen LogP contribution >= 0.6 is 0 Å². The number of rotatable bonds is 7. The molecule has 1 aromatic heterocycles.